The van der Waals surface area contributed by atoms with Crippen LogP contribution < -0.4 is 0 Å². The quantitative estimate of drug-likeness (QED) is 0.784. The molecule has 0 N–H and O–H groups in total. The summed E-state index contributed by atoms with van der Waals surface area (Å²) in [6, 6.07) is 2.31. The third-order valence-corrected chi connectivity index (χ3v) is 5.18. The van der Waals surface area contributed by atoms with Crippen molar-refractivity contribution in [2.45, 2.75) is 65.6 Å². The third-order valence-electron chi connectivity index (χ3n) is 5.18. The van der Waals surface area contributed by atoms with Gasteiger partial charge in [-0.25, -0.2) is 0 Å². The van der Waals surface area contributed by atoms with Crippen molar-refractivity contribution in [3.63, 3.8) is 0 Å². The molecule has 0 spiro atoms. The summed E-state index contributed by atoms with van der Waals surface area (Å²) >= 11 is 0. The van der Waals surface area contributed by atoms with Gasteiger partial charge in [-0.3, -0.25) is 9.80 Å². The largest absolute Gasteiger partial charge is 0.300 e. The van der Waals surface area contributed by atoms with Crippen molar-refractivity contribution in [3.8, 4) is 0 Å². The molecule has 1 unspecified atom stereocenters. The van der Waals surface area contributed by atoms with Gasteiger partial charge in [-0.15, -0.1) is 0 Å². The van der Waals surface area contributed by atoms with Crippen molar-refractivity contribution in [2.75, 3.05) is 39.3 Å². The van der Waals surface area contributed by atoms with Gasteiger partial charge in [0.1, 0.15) is 0 Å². The maximum atomic E-state index is 2.77. The van der Waals surface area contributed by atoms with E-state index in [0.29, 0.717) is 6.04 Å². The van der Waals surface area contributed by atoms with Crippen LogP contribution in [0.15, 0.2) is 0 Å². The fraction of sp³-hybridized carbons (Fsp3) is 1.00. The van der Waals surface area contributed by atoms with E-state index < -0.39 is 0 Å². The summed E-state index contributed by atoms with van der Waals surface area (Å²) in [4.78, 5) is 8.08. The van der Waals surface area contributed by atoms with Crippen molar-refractivity contribution in [1.82, 2.24) is 14.7 Å². The monoisotopic (exact) mass is 281 g/mol. The van der Waals surface area contributed by atoms with E-state index in [1.54, 1.807) is 0 Å². The number of rotatable bonds is 4. The molecule has 2 atom stereocenters. The van der Waals surface area contributed by atoms with E-state index in [4.69, 9.17) is 0 Å². The summed E-state index contributed by atoms with van der Waals surface area (Å²) in [5.41, 5.74) is 0. The summed E-state index contributed by atoms with van der Waals surface area (Å²) in [6.45, 7) is 19.4. The first-order valence-electron chi connectivity index (χ1n) is 8.69. The molecule has 2 aliphatic heterocycles. The fourth-order valence-corrected chi connectivity index (χ4v) is 3.89. The topological polar surface area (TPSA) is 9.72 Å². The van der Waals surface area contributed by atoms with Crippen LogP contribution in [0, 0.1) is 5.92 Å². The molecule has 3 heteroatoms. The molecule has 0 saturated carbocycles. The standard InChI is InChI=1S/C17H35N3/c1-14(2)13-20-7-6-17(12-16(20)5)19-10-8-18(9-11-19)15(3)4/h14-17H,6-13H2,1-5H3/t16-,17?/m1/s1. The van der Waals surface area contributed by atoms with Crippen LogP contribution >= 0.6 is 0 Å². The molecule has 2 fully saturated rings. The maximum absolute atomic E-state index is 2.77. The molecular formula is C17H35N3. The Labute approximate surface area is 126 Å². The first kappa shape index (κ1) is 16.3. The molecule has 0 bridgehead atoms. The summed E-state index contributed by atoms with van der Waals surface area (Å²) in [5.74, 6) is 0.795. The van der Waals surface area contributed by atoms with Crippen LogP contribution in [0.1, 0.15) is 47.5 Å². The first-order chi connectivity index (χ1) is 9.47. The van der Waals surface area contributed by atoms with Gasteiger partial charge in [-0.05, 0) is 46.1 Å². The average Bonchev–Trinajstić information content (AvgIpc) is 2.41. The molecule has 0 aromatic carbocycles. The Morgan fingerprint density at radius 2 is 1.60 bits per heavy atom. The molecule has 118 valence electrons. The molecule has 3 nitrogen and oxygen atoms in total. The highest BCUT2D eigenvalue weighted by molar-refractivity contribution is 4.87. The predicted molar refractivity (Wildman–Crippen MR) is 87.2 cm³/mol. The van der Waals surface area contributed by atoms with E-state index in [9.17, 15) is 0 Å². The Bertz CT molecular complexity index is 282. The Morgan fingerprint density at radius 3 is 2.10 bits per heavy atom. The minimum Gasteiger partial charge on any atom is -0.300 e. The average molecular weight is 281 g/mol. The zero-order chi connectivity index (χ0) is 14.7. The van der Waals surface area contributed by atoms with Gasteiger partial charge in [-0.2, -0.15) is 0 Å². The van der Waals surface area contributed by atoms with Crippen LogP contribution in [0.5, 0.6) is 0 Å². The summed E-state index contributed by atoms with van der Waals surface area (Å²) in [5, 5.41) is 0. The zero-order valence-electron chi connectivity index (χ0n) is 14.3. The van der Waals surface area contributed by atoms with Crippen LogP contribution in [0.4, 0.5) is 0 Å². The summed E-state index contributed by atoms with van der Waals surface area (Å²) in [7, 11) is 0. The lowest BCUT2D eigenvalue weighted by Gasteiger charge is -2.46. The molecule has 0 radical (unpaired) electrons. The van der Waals surface area contributed by atoms with Crippen molar-refractivity contribution < 1.29 is 0 Å². The Hall–Kier alpha value is -0.120. The van der Waals surface area contributed by atoms with Crippen LogP contribution in [0.25, 0.3) is 0 Å². The normalized spacial score (nSPS) is 31.4. The predicted octanol–water partition coefficient (Wildman–Crippen LogP) is 2.52. The van der Waals surface area contributed by atoms with E-state index >= 15 is 0 Å². The molecular weight excluding hydrogens is 246 g/mol. The Morgan fingerprint density at radius 1 is 0.950 bits per heavy atom. The van der Waals surface area contributed by atoms with Gasteiger partial charge in [-0.1, -0.05) is 13.8 Å². The molecule has 0 aromatic heterocycles. The molecule has 2 rings (SSSR count). The van der Waals surface area contributed by atoms with Gasteiger partial charge in [0.15, 0.2) is 0 Å². The minimum absolute atomic E-state index is 0.712. The molecule has 0 amide bonds. The van der Waals surface area contributed by atoms with E-state index in [0.717, 1.165) is 18.0 Å². The number of hydrogen-bond acceptors (Lipinski definition) is 3. The molecule has 20 heavy (non-hydrogen) atoms. The second kappa shape index (κ2) is 7.24. The highest BCUT2D eigenvalue weighted by Crippen LogP contribution is 2.24. The maximum Gasteiger partial charge on any atom is 0.0123 e. The highest BCUT2D eigenvalue weighted by atomic mass is 15.3. The summed E-state index contributed by atoms with van der Waals surface area (Å²) < 4.78 is 0. The molecule has 2 saturated heterocycles. The van der Waals surface area contributed by atoms with Crippen molar-refractivity contribution in [1.29, 1.82) is 0 Å². The lowest BCUT2D eigenvalue weighted by Crippen LogP contribution is -2.56. The number of nitrogens with zero attached hydrogens (tertiary/aromatic N) is 3. The second-order valence-corrected chi connectivity index (χ2v) is 7.58. The zero-order valence-corrected chi connectivity index (χ0v) is 14.3. The van der Waals surface area contributed by atoms with Crippen LogP contribution in [-0.2, 0) is 0 Å². The highest BCUT2D eigenvalue weighted by Gasteiger charge is 2.31. The van der Waals surface area contributed by atoms with E-state index in [1.807, 2.05) is 0 Å². The number of piperidine rings is 1. The van der Waals surface area contributed by atoms with Crippen LogP contribution in [-0.4, -0.2) is 72.1 Å². The number of likely N-dealkylation sites (tertiary alicyclic amines) is 1. The second-order valence-electron chi connectivity index (χ2n) is 7.58. The third kappa shape index (κ3) is 4.19. The smallest absolute Gasteiger partial charge is 0.0123 e. The van der Waals surface area contributed by atoms with Crippen molar-refractivity contribution in [2.24, 2.45) is 5.92 Å². The van der Waals surface area contributed by atoms with Crippen LogP contribution in [0.2, 0.25) is 0 Å². The van der Waals surface area contributed by atoms with E-state index in [2.05, 4.69) is 49.3 Å². The van der Waals surface area contributed by atoms with Gasteiger partial charge in [0.25, 0.3) is 0 Å². The first-order valence-corrected chi connectivity index (χ1v) is 8.69. The molecule has 0 aliphatic carbocycles. The van der Waals surface area contributed by atoms with Gasteiger partial charge >= 0.3 is 0 Å². The van der Waals surface area contributed by atoms with Gasteiger partial charge in [0.05, 0.1) is 0 Å². The Balaban J connectivity index is 1.79. The van der Waals surface area contributed by atoms with Gasteiger partial charge in [0, 0.05) is 50.8 Å². The van der Waals surface area contributed by atoms with Crippen LogP contribution in [0.3, 0.4) is 0 Å². The SMILES string of the molecule is CC(C)CN1CCC(N2CCN(C(C)C)CC2)C[C@H]1C. The van der Waals surface area contributed by atoms with Gasteiger partial charge < -0.3 is 4.90 Å². The number of piperazine rings is 1. The molecule has 2 aliphatic rings. The summed E-state index contributed by atoms with van der Waals surface area (Å²) in [6.07, 6.45) is 2.74. The van der Waals surface area contributed by atoms with Gasteiger partial charge in [0.2, 0.25) is 0 Å². The number of hydrogen-bond donors (Lipinski definition) is 0. The van der Waals surface area contributed by atoms with E-state index in [-0.39, 0.29) is 0 Å². The lowest BCUT2D eigenvalue weighted by atomic mass is 9.95. The Kier molecular flexibility index (Phi) is 5.88. The van der Waals surface area contributed by atoms with Crippen molar-refractivity contribution in [3.05, 3.63) is 0 Å². The minimum atomic E-state index is 0.712. The lowest BCUT2D eigenvalue weighted by molar-refractivity contribution is 0.0281. The molecule has 0 aromatic rings. The van der Waals surface area contributed by atoms with E-state index in [1.165, 1.54) is 52.1 Å². The molecule has 2 heterocycles. The fourth-order valence-electron chi connectivity index (χ4n) is 3.89. The van der Waals surface area contributed by atoms with Crippen molar-refractivity contribution >= 4 is 0 Å².